The first-order valence-corrected chi connectivity index (χ1v) is 7.00. The van der Waals surface area contributed by atoms with Crippen molar-refractivity contribution in [1.82, 2.24) is 15.0 Å². The third-order valence-corrected chi connectivity index (χ3v) is 2.80. The van der Waals surface area contributed by atoms with E-state index in [0.29, 0.717) is 19.1 Å². The summed E-state index contributed by atoms with van der Waals surface area (Å²) in [6.07, 6.45) is 0.873. The first kappa shape index (κ1) is 15.3. The molecule has 2 rings (SSSR count). The number of ether oxygens (including phenoxy) is 2. The number of benzene rings is 1. The molecule has 0 saturated heterocycles. The predicted molar refractivity (Wildman–Crippen MR) is 80.9 cm³/mol. The van der Waals surface area contributed by atoms with Gasteiger partial charge in [0.25, 0.3) is 0 Å². The maximum Gasteiger partial charge on any atom is 0.322 e. The Morgan fingerprint density at radius 3 is 2.57 bits per heavy atom. The van der Waals surface area contributed by atoms with Gasteiger partial charge in [-0.2, -0.15) is 15.0 Å². The van der Waals surface area contributed by atoms with Gasteiger partial charge >= 0.3 is 6.01 Å². The molecule has 0 aliphatic rings. The Morgan fingerprint density at radius 2 is 1.90 bits per heavy atom. The van der Waals surface area contributed by atoms with Gasteiger partial charge in [0.15, 0.2) is 0 Å². The van der Waals surface area contributed by atoms with Crippen LogP contribution >= 0.6 is 11.6 Å². The minimum atomic E-state index is 0.105. The van der Waals surface area contributed by atoms with Crippen molar-refractivity contribution >= 4 is 17.5 Å². The van der Waals surface area contributed by atoms with Crippen molar-refractivity contribution in [2.45, 2.75) is 19.9 Å². The molecule has 1 N–H and O–H groups in total. The van der Waals surface area contributed by atoms with Crippen molar-refractivity contribution in [3.05, 3.63) is 35.1 Å². The molecule has 0 amide bonds. The molecule has 2 aromatic rings. The maximum absolute atomic E-state index is 5.85. The van der Waals surface area contributed by atoms with E-state index in [-0.39, 0.29) is 11.3 Å². The van der Waals surface area contributed by atoms with Gasteiger partial charge in [0.05, 0.1) is 13.7 Å². The number of nitrogens with zero attached hydrogens (tertiary/aromatic N) is 3. The molecule has 0 aliphatic heterocycles. The Morgan fingerprint density at radius 1 is 1.14 bits per heavy atom. The van der Waals surface area contributed by atoms with Gasteiger partial charge in [0.2, 0.25) is 11.2 Å². The van der Waals surface area contributed by atoms with Crippen LogP contribution in [-0.2, 0) is 6.54 Å². The lowest BCUT2D eigenvalue weighted by Gasteiger charge is -2.08. The molecule has 0 unspecified atom stereocenters. The largest absolute Gasteiger partial charge is 0.497 e. The Balaban J connectivity index is 1.99. The third-order valence-electron chi connectivity index (χ3n) is 2.63. The van der Waals surface area contributed by atoms with Crippen molar-refractivity contribution in [3.8, 4) is 11.8 Å². The van der Waals surface area contributed by atoms with Crippen LogP contribution in [0, 0.1) is 0 Å². The molecule has 21 heavy (non-hydrogen) atoms. The first-order chi connectivity index (χ1) is 10.2. The molecule has 0 fully saturated rings. The molecule has 0 saturated carbocycles. The SMILES string of the molecule is CCCOc1nc(Cl)nc(NCc2ccc(OC)cc2)n1. The molecular formula is C14H17ClN4O2. The number of hydrogen-bond donors (Lipinski definition) is 1. The van der Waals surface area contributed by atoms with Gasteiger partial charge in [0, 0.05) is 6.54 Å². The molecular weight excluding hydrogens is 292 g/mol. The summed E-state index contributed by atoms with van der Waals surface area (Å²) in [6, 6.07) is 7.95. The fraction of sp³-hybridized carbons (Fsp3) is 0.357. The van der Waals surface area contributed by atoms with Crippen molar-refractivity contribution in [1.29, 1.82) is 0 Å². The topological polar surface area (TPSA) is 69.2 Å². The molecule has 1 heterocycles. The molecule has 0 bridgehead atoms. The van der Waals surface area contributed by atoms with E-state index < -0.39 is 0 Å². The highest BCUT2D eigenvalue weighted by molar-refractivity contribution is 6.28. The fourth-order valence-electron chi connectivity index (χ4n) is 1.59. The highest BCUT2D eigenvalue weighted by Crippen LogP contribution is 2.14. The van der Waals surface area contributed by atoms with E-state index >= 15 is 0 Å². The second kappa shape index (κ2) is 7.64. The van der Waals surface area contributed by atoms with E-state index in [4.69, 9.17) is 21.1 Å². The van der Waals surface area contributed by atoms with Crippen LogP contribution < -0.4 is 14.8 Å². The predicted octanol–water partition coefficient (Wildman–Crippen LogP) is 2.93. The molecule has 0 radical (unpaired) electrons. The van der Waals surface area contributed by atoms with E-state index in [1.54, 1.807) is 7.11 Å². The third kappa shape index (κ3) is 4.75. The molecule has 1 aromatic heterocycles. The first-order valence-electron chi connectivity index (χ1n) is 6.62. The lowest BCUT2D eigenvalue weighted by molar-refractivity contribution is 0.291. The van der Waals surface area contributed by atoms with Crippen LogP contribution in [0.2, 0.25) is 5.28 Å². The van der Waals surface area contributed by atoms with Crippen molar-refractivity contribution in [2.75, 3.05) is 19.0 Å². The standard InChI is InChI=1S/C14H17ClN4O2/c1-3-8-21-14-18-12(15)17-13(19-14)16-9-10-4-6-11(20-2)7-5-10/h4-7H,3,8-9H2,1-2H3,(H,16,17,18,19). The summed E-state index contributed by atoms with van der Waals surface area (Å²) in [5, 5.41) is 3.19. The summed E-state index contributed by atoms with van der Waals surface area (Å²) in [7, 11) is 1.64. The van der Waals surface area contributed by atoms with E-state index in [2.05, 4.69) is 20.3 Å². The number of rotatable bonds is 7. The lowest BCUT2D eigenvalue weighted by Crippen LogP contribution is -2.07. The summed E-state index contributed by atoms with van der Waals surface area (Å²) in [5.41, 5.74) is 1.07. The van der Waals surface area contributed by atoms with Crippen LogP contribution in [0.25, 0.3) is 0 Å². The van der Waals surface area contributed by atoms with E-state index in [1.807, 2.05) is 31.2 Å². The van der Waals surface area contributed by atoms with Gasteiger partial charge in [-0.15, -0.1) is 0 Å². The van der Waals surface area contributed by atoms with Crippen LogP contribution in [0.3, 0.4) is 0 Å². The van der Waals surface area contributed by atoms with Crippen LogP contribution in [0.4, 0.5) is 5.95 Å². The second-order valence-electron chi connectivity index (χ2n) is 4.26. The highest BCUT2D eigenvalue weighted by Gasteiger charge is 2.06. The second-order valence-corrected chi connectivity index (χ2v) is 4.60. The maximum atomic E-state index is 5.85. The number of aromatic nitrogens is 3. The zero-order valence-electron chi connectivity index (χ0n) is 12.0. The normalized spacial score (nSPS) is 10.2. The average Bonchev–Trinajstić information content (AvgIpc) is 2.51. The molecule has 0 atom stereocenters. The minimum absolute atomic E-state index is 0.105. The van der Waals surface area contributed by atoms with Gasteiger partial charge in [-0.3, -0.25) is 0 Å². The van der Waals surface area contributed by atoms with Gasteiger partial charge < -0.3 is 14.8 Å². The van der Waals surface area contributed by atoms with E-state index in [9.17, 15) is 0 Å². The summed E-state index contributed by atoms with van der Waals surface area (Å²) in [5.74, 6) is 1.20. The Labute approximate surface area is 128 Å². The number of anilines is 1. The zero-order chi connectivity index (χ0) is 15.1. The smallest absolute Gasteiger partial charge is 0.322 e. The molecule has 1 aromatic carbocycles. The summed E-state index contributed by atoms with van der Waals surface area (Å²) >= 11 is 5.85. The molecule has 0 aliphatic carbocycles. The number of nitrogens with one attached hydrogen (secondary N) is 1. The van der Waals surface area contributed by atoms with Crippen LogP contribution in [0.5, 0.6) is 11.8 Å². The van der Waals surface area contributed by atoms with Crippen molar-refractivity contribution in [2.24, 2.45) is 0 Å². The number of methoxy groups -OCH3 is 1. The van der Waals surface area contributed by atoms with E-state index in [0.717, 1.165) is 17.7 Å². The van der Waals surface area contributed by atoms with Crippen molar-refractivity contribution in [3.63, 3.8) is 0 Å². The Hall–Kier alpha value is -2.08. The minimum Gasteiger partial charge on any atom is -0.497 e. The Bertz CT molecular complexity index is 578. The zero-order valence-corrected chi connectivity index (χ0v) is 12.7. The summed E-state index contributed by atoms with van der Waals surface area (Å²) < 4.78 is 10.5. The number of hydrogen-bond acceptors (Lipinski definition) is 6. The van der Waals surface area contributed by atoms with Gasteiger partial charge in [-0.25, -0.2) is 0 Å². The van der Waals surface area contributed by atoms with Crippen LogP contribution in [0.1, 0.15) is 18.9 Å². The fourth-order valence-corrected chi connectivity index (χ4v) is 1.75. The lowest BCUT2D eigenvalue weighted by atomic mass is 10.2. The monoisotopic (exact) mass is 308 g/mol. The molecule has 0 spiro atoms. The van der Waals surface area contributed by atoms with Crippen LogP contribution in [-0.4, -0.2) is 28.7 Å². The number of halogens is 1. The average molecular weight is 309 g/mol. The molecule has 7 heteroatoms. The Kier molecular flexibility index (Phi) is 5.57. The van der Waals surface area contributed by atoms with Gasteiger partial charge in [-0.1, -0.05) is 19.1 Å². The van der Waals surface area contributed by atoms with Crippen molar-refractivity contribution < 1.29 is 9.47 Å². The van der Waals surface area contributed by atoms with Gasteiger partial charge in [0.1, 0.15) is 5.75 Å². The quantitative estimate of drug-likeness (QED) is 0.848. The van der Waals surface area contributed by atoms with E-state index in [1.165, 1.54) is 0 Å². The summed E-state index contributed by atoms with van der Waals surface area (Å²) in [4.78, 5) is 12.1. The summed E-state index contributed by atoms with van der Waals surface area (Å²) in [6.45, 7) is 3.11. The highest BCUT2D eigenvalue weighted by atomic mass is 35.5. The van der Waals surface area contributed by atoms with Gasteiger partial charge in [-0.05, 0) is 35.7 Å². The van der Waals surface area contributed by atoms with Crippen LogP contribution in [0.15, 0.2) is 24.3 Å². The molecule has 6 nitrogen and oxygen atoms in total. The molecule has 112 valence electrons.